The monoisotopic (exact) mass is 364 g/mol. The molecular formula is C19H22ClFN2O2. The minimum Gasteiger partial charge on any atom is -0.492 e. The summed E-state index contributed by atoms with van der Waals surface area (Å²) in [6, 6.07) is 11.5. The van der Waals surface area contributed by atoms with Gasteiger partial charge in [-0.2, -0.15) is 0 Å². The van der Waals surface area contributed by atoms with Crippen molar-refractivity contribution in [3.8, 4) is 5.75 Å². The lowest BCUT2D eigenvalue weighted by Gasteiger charge is -2.19. The van der Waals surface area contributed by atoms with Gasteiger partial charge in [0.05, 0.1) is 11.6 Å². The predicted octanol–water partition coefficient (Wildman–Crippen LogP) is 4.98. The van der Waals surface area contributed by atoms with Crippen molar-refractivity contribution in [3.63, 3.8) is 0 Å². The Bertz CT molecular complexity index is 727. The molecule has 0 fully saturated rings. The van der Waals surface area contributed by atoms with Gasteiger partial charge in [0, 0.05) is 5.69 Å². The van der Waals surface area contributed by atoms with Gasteiger partial charge in [-0.3, -0.25) is 0 Å². The van der Waals surface area contributed by atoms with Crippen LogP contribution in [-0.2, 0) is 5.41 Å². The molecule has 4 nitrogen and oxygen atoms in total. The van der Waals surface area contributed by atoms with Gasteiger partial charge in [-0.25, -0.2) is 9.18 Å². The maximum absolute atomic E-state index is 13.1. The molecule has 0 spiro atoms. The molecule has 6 heteroatoms. The van der Waals surface area contributed by atoms with Gasteiger partial charge in [-0.05, 0) is 41.3 Å². The lowest BCUT2D eigenvalue weighted by Crippen LogP contribution is -2.32. The van der Waals surface area contributed by atoms with Crippen molar-refractivity contribution in [2.24, 2.45) is 0 Å². The molecule has 0 bridgehead atoms. The van der Waals surface area contributed by atoms with Gasteiger partial charge >= 0.3 is 6.03 Å². The van der Waals surface area contributed by atoms with Gasteiger partial charge in [0.2, 0.25) is 0 Å². The molecule has 2 amide bonds. The van der Waals surface area contributed by atoms with Gasteiger partial charge in [-0.15, -0.1) is 0 Å². The Hall–Kier alpha value is -2.27. The number of hydrogen-bond acceptors (Lipinski definition) is 2. The van der Waals surface area contributed by atoms with Crippen LogP contribution in [0.1, 0.15) is 26.3 Å². The van der Waals surface area contributed by atoms with Crippen molar-refractivity contribution < 1.29 is 13.9 Å². The van der Waals surface area contributed by atoms with Crippen LogP contribution in [0.25, 0.3) is 0 Å². The van der Waals surface area contributed by atoms with E-state index in [9.17, 15) is 9.18 Å². The van der Waals surface area contributed by atoms with E-state index in [1.165, 1.54) is 23.8 Å². The number of carbonyl (C=O) groups is 1. The van der Waals surface area contributed by atoms with Crippen LogP contribution in [0.4, 0.5) is 14.9 Å². The Morgan fingerprint density at radius 2 is 1.84 bits per heavy atom. The quantitative estimate of drug-likeness (QED) is 0.735. The average molecular weight is 365 g/mol. The molecule has 0 heterocycles. The molecule has 0 saturated heterocycles. The Morgan fingerprint density at radius 1 is 1.16 bits per heavy atom. The highest BCUT2D eigenvalue weighted by atomic mass is 35.5. The predicted molar refractivity (Wildman–Crippen MR) is 99.1 cm³/mol. The molecule has 0 aliphatic carbocycles. The van der Waals surface area contributed by atoms with Crippen LogP contribution in [-0.4, -0.2) is 19.2 Å². The molecule has 134 valence electrons. The molecule has 2 aromatic carbocycles. The van der Waals surface area contributed by atoms with Crippen LogP contribution in [0.3, 0.4) is 0 Å². The topological polar surface area (TPSA) is 50.4 Å². The Labute approximate surface area is 152 Å². The molecule has 0 aromatic heterocycles. The van der Waals surface area contributed by atoms with Crippen LogP contribution in [0.5, 0.6) is 5.75 Å². The fourth-order valence-electron chi connectivity index (χ4n) is 2.13. The molecule has 0 aliphatic rings. The maximum Gasteiger partial charge on any atom is 0.319 e. The summed E-state index contributed by atoms with van der Waals surface area (Å²) in [5.41, 5.74) is 1.75. The lowest BCUT2D eigenvalue weighted by molar-refractivity contribution is 0.247. The Balaban J connectivity index is 1.73. The molecular weight excluding hydrogens is 343 g/mol. The first-order chi connectivity index (χ1) is 11.8. The van der Waals surface area contributed by atoms with E-state index in [1.807, 2.05) is 24.3 Å². The second-order valence-corrected chi connectivity index (χ2v) is 7.04. The highest BCUT2D eigenvalue weighted by Crippen LogP contribution is 2.24. The first-order valence-electron chi connectivity index (χ1n) is 7.99. The molecule has 0 atom stereocenters. The number of anilines is 1. The van der Waals surface area contributed by atoms with Crippen LogP contribution < -0.4 is 15.4 Å². The summed E-state index contributed by atoms with van der Waals surface area (Å²) in [7, 11) is 0. The minimum absolute atomic E-state index is 0.0418. The Morgan fingerprint density at radius 3 is 2.44 bits per heavy atom. The smallest absolute Gasteiger partial charge is 0.319 e. The number of halogens is 2. The molecule has 0 aliphatic heterocycles. The summed E-state index contributed by atoms with van der Waals surface area (Å²) in [4.78, 5) is 11.8. The zero-order valence-electron chi connectivity index (χ0n) is 14.5. The maximum atomic E-state index is 13.1. The summed E-state index contributed by atoms with van der Waals surface area (Å²) in [5.74, 6) is 0.221. The standard InChI is InChI=1S/C19H22ClFN2O2/c1-19(2,3)13-4-7-15(8-5-13)25-11-10-22-18(24)23-14-6-9-17(21)16(20)12-14/h4-9,12H,10-11H2,1-3H3,(H2,22,23,24). The first kappa shape index (κ1) is 19.1. The second kappa shape index (κ2) is 8.21. The summed E-state index contributed by atoms with van der Waals surface area (Å²) in [6.07, 6.45) is 0. The number of urea groups is 1. The molecule has 0 saturated carbocycles. The number of carbonyl (C=O) groups excluding carboxylic acids is 1. The van der Waals surface area contributed by atoms with Gasteiger partial charge in [0.15, 0.2) is 0 Å². The van der Waals surface area contributed by atoms with Crippen LogP contribution in [0, 0.1) is 5.82 Å². The number of amides is 2. The van der Waals surface area contributed by atoms with Crippen molar-refractivity contribution in [2.75, 3.05) is 18.5 Å². The van der Waals surface area contributed by atoms with E-state index >= 15 is 0 Å². The average Bonchev–Trinajstić information content (AvgIpc) is 2.55. The van der Waals surface area contributed by atoms with Crippen molar-refractivity contribution >= 4 is 23.3 Å². The number of ether oxygens (including phenoxy) is 1. The molecule has 25 heavy (non-hydrogen) atoms. The third-order valence-corrected chi connectivity index (χ3v) is 3.84. The second-order valence-electron chi connectivity index (χ2n) is 6.63. The molecule has 2 aromatic rings. The number of benzene rings is 2. The zero-order valence-corrected chi connectivity index (χ0v) is 15.3. The van der Waals surface area contributed by atoms with E-state index in [0.717, 1.165) is 5.75 Å². The van der Waals surface area contributed by atoms with E-state index in [2.05, 4.69) is 31.4 Å². The third kappa shape index (κ3) is 5.94. The van der Waals surface area contributed by atoms with E-state index < -0.39 is 11.8 Å². The summed E-state index contributed by atoms with van der Waals surface area (Å²) < 4.78 is 18.7. The zero-order chi connectivity index (χ0) is 18.4. The SMILES string of the molecule is CC(C)(C)c1ccc(OCCNC(=O)Nc2ccc(F)c(Cl)c2)cc1. The largest absolute Gasteiger partial charge is 0.492 e. The van der Waals surface area contributed by atoms with Crippen molar-refractivity contribution in [1.82, 2.24) is 5.32 Å². The van der Waals surface area contributed by atoms with Crippen LogP contribution in [0.15, 0.2) is 42.5 Å². The van der Waals surface area contributed by atoms with E-state index in [4.69, 9.17) is 16.3 Å². The molecule has 2 rings (SSSR count). The highest BCUT2D eigenvalue weighted by molar-refractivity contribution is 6.31. The lowest BCUT2D eigenvalue weighted by atomic mass is 9.87. The van der Waals surface area contributed by atoms with Crippen molar-refractivity contribution in [1.29, 1.82) is 0 Å². The van der Waals surface area contributed by atoms with Gasteiger partial charge in [0.25, 0.3) is 0 Å². The molecule has 0 radical (unpaired) electrons. The number of rotatable bonds is 5. The fraction of sp³-hybridized carbons (Fsp3) is 0.316. The van der Waals surface area contributed by atoms with Gasteiger partial charge < -0.3 is 15.4 Å². The van der Waals surface area contributed by atoms with Gasteiger partial charge in [0.1, 0.15) is 18.2 Å². The highest BCUT2D eigenvalue weighted by Gasteiger charge is 2.12. The van der Waals surface area contributed by atoms with Crippen molar-refractivity contribution in [3.05, 3.63) is 58.9 Å². The number of hydrogen-bond donors (Lipinski definition) is 2. The van der Waals surface area contributed by atoms with Crippen molar-refractivity contribution in [2.45, 2.75) is 26.2 Å². The van der Waals surface area contributed by atoms with Crippen LogP contribution in [0.2, 0.25) is 5.02 Å². The molecule has 2 N–H and O–H groups in total. The molecule has 0 unspecified atom stereocenters. The summed E-state index contributed by atoms with van der Waals surface area (Å²) in [5, 5.41) is 5.19. The first-order valence-corrected chi connectivity index (χ1v) is 8.37. The van der Waals surface area contributed by atoms with E-state index in [0.29, 0.717) is 18.8 Å². The Kier molecular flexibility index (Phi) is 6.26. The third-order valence-electron chi connectivity index (χ3n) is 3.55. The summed E-state index contributed by atoms with van der Waals surface area (Å²) >= 11 is 5.66. The van der Waals surface area contributed by atoms with Crippen LogP contribution >= 0.6 is 11.6 Å². The van der Waals surface area contributed by atoms with Gasteiger partial charge in [-0.1, -0.05) is 44.5 Å². The fourth-order valence-corrected chi connectivity index (χ4v) is 2.31. The summed E-state index contributed by atoms with van der Waals surface area (Å²) in [6.45, 7) is 7.13. The number of nitrogens with one attached hydrogen (secondary N) is 2. The minimum atomic E-state index is -0.529. The van der Waals surface area contributed by atoms with E-state index in [1.54, 1.807) is 0 Å². The normalized spacial score (nSPS) is 11.1. The van der Waals surface area contributed by atoms with E-state index in [-0.39, 0.29) is 10.4 Å².